The van der Waals surface area contributed by atoms with Crippen molar-refractivity contribution in [2.24, 2.45) is 11.8 Å². The molecule has 285 valence electrons. The van der Waals surface area contributed by atoms with Crippen molar-refractivity contribution in [3.8, 4) is 0 Å². The third kappa shape index (κ3) is 24.1. The monoisotopic (exact) mass is 955 g/mol. The Morgan fingerprint density at radius 1 is 0.652 bits per heavy atom. The smallest absolute Gasteiger partial charge is 0.160 e. The second-order valence-corrected chi connectivity index (χ2v) is 10.6. The van der Waals surface area contributed by atoms with Crippen LogP contribution in [0, 0.1) is 55.9 Å². The van der Waals surface area contributed by atoms with Crippen molar-refractivity contribution in [3.63, 3.8) is 0 Å². The molecule has 0 aromatic heterocycles. The molecule has 0 aliphatic carbocycles. The third-order valence-corrected chi connectivity index (χ3v) is 7.40. The molecule has 4 aliphatic heterocycles. The Bertz CT molecular complexity index is 575. The van der Waals surface area contributed by atoms with Crippen LogP contribution in [0.1, 0.15) is 81.1 Å². The Kier molecular flexibility index (Phi) is 50.0. The predicted molar refractivity (Wildman–Crippen MR) is 180 cm³/mol. The predicted octanol–water partition coefficient (Wildman–Crippen LogP) is 2.63. The van der Waals surface area contributed by atoms with Gasteiger partial charge in [0, 0.05) is 84.7 Å². The number of alkyl halides is 1. The van der Waals surface area contributed by atoms with E-state index in [2.05, 4.69) is 32.4 Å². The summed E-state index contributed by atoms with van der Waals surface area (Å²) in [5, 5.41) is 50.8. The maximum absolute atomic E-state index is 9.13. The van der Waals surface area contributed by atoms with Crippen molar-refractivity contribution < 1.29 is 109 Å². The van der Waals surface area contributed by atoms with Crippen molar-refractivity contribution >= 4 is 36.4 Å². The summed E-state index contributed by atoms with van der Waals surface area (Å²) < 4.78 is 30.6. The van der Waals surface area contributed by atoms with Crippen LogP contribution in [0.3, 0.4) is 0 Å². The van der Waals surface area contributed by atoms with Crippen LogP contribution in [-0.2, 0) is 28.4 Å². The van der Waals surface area contributed by atoms with E-state index in [4.69, 9.17) is 65.9 Å². The molecule has 4 saturated heterocycles. The third-order valence-electron chi connectivity index (χ3n) is 7.12. The van der Waals surface area contributed by atoms with Crippen molar-refractivity contribution in [2.75, 3.05) is 34.5 Å². The van der Waals surface area contributed by atoms with Crippen molar-refractivity contribution in [1.29, 1.82) is 0 Å². The van der Waals surface area contributed by atoms with Gasteiger partial charge in [0.1, 0.15) is 17.8 Å². The molecule has 46 heavy (non-hydrogen) atoms. The zero-order valence-corrected chi connectivity index (χ0v) is 34.1. The number of hydrogen-bond donors (Lipinski definition) is 6. The maximum atomic E-state index is 9.13. The van der Waals surface area contributed by atoms with Gasteiger partial charge in [0.25, 0.3) is 0 Å². The first-order valence-electron chi connectivity index (χ1n) is 14.0. The van der Waals surface area contributed by atoms with Crippen LogP contribution in [0.25, 0.3) is 0 Å². The van der Waals surface area contributed by atoms with E-state index < -0.39 is 30.7 Å². The Labute approximate surface area is 331 Å². The van der Waals surface area contributed by atoms with Crippen LogP contribution in [0.5, 0.6) is 0 Å². The normalized spacial score (nSPS) is 34.8. The molecule has 0 saturated carbocycles. The van der Waals surface area contributed by atoms with Crippen LogP contribution in [0.4, 0.5) is 0 Å². The van der Waals surface area contributed by atoms with E-state index >= 15 is 0 Å². The minimum Gasteiger partial charge on any atom is -0.412 e. The van der Waals surface area contributed by atoms with Gasteiger partial charge in [0.05, 0.1) is 37.6 Å². The molecule has 0 aromatic carbocycles. The Morgan fingerprint density at radius 3 is 1.24 bits per heavy atom. The van der Waals surface area contributed by atoms with Gasteiger partial charge in [-0.3, -0.25) is 0 Å². The quantitative estimate of drug-likeness (QED) is 0.213. The number of halogens is 3. The summed E-state index contributed by atoms with van der Waals surface area (Å²) in [5.74, 6) is 1.31. The molecule has 17 heteroatoms. The number of aliphatic hydroxyl groups is 6. The summed E-state index contributed by atoms with van der Waals surface area (Å²) in [6.45, 7) is 8.30. The fourth-order valence-electron chi connectivity index (χ4n) is 4.69. The SMILES string of the molecule is C.C.CC[C@H]1OC(Cl)CC1C.CC[C@H]1OC(OC)CC1C.CO.COC1CC(O)[C@@H](CO)O1.Cl.Cl.O.OC[C@H]1O[C@@H](O)CC1O.[Ac]. The van der Waals surface area contributed by atoms with Crippen LogP contribution < -0.4 is 0 Å². The van der Waals surface area contributed by atoms with Crippen molar-refractivity contribution in [3.05, 3.63) is 0 Å². The first-order chi connectivity index (χ1) is 19.0. The molecule has 13 nitrogen and oxygen atoms in total. The fourth-order valence-corrected chi connectivity index (χ4v) is 5.10. The summed E-state index contributed by atoms with van der Waals surface area (Å²) in [7, 11) is 4.21. The molecule has 0 amide bonds. The largest absolute Gasteiger partial charge is 0.412 e. The summed E-state index contributed by atoms with van der Waals surface area (Å²) in [4.78, 5) is 0. The van der Waals surface area contributed by atoms with Crippen molar-refractivity contribution in [1.82, 2.24) is 0 Å². The second-order valence-electron chi connectivity index (χ2n) is 10.1. The Hall–Kier alpha value is 1.79. The van der Waals surface area contributed by atoms with Gasteiger partial charge in [0.2, 0.25) is 0 Å². The number of aliphatic hydroxyl groups excluding tert-OH is 6. The van der Waals surface area contributed by atoms with Gasteiger partial charge < -0.3 is 64.5 Å². The molecule has 0 aromatic rings. The van der Waals surface area contributed by atoms with Gasteiger partial charge in [-0.05, 0) is 31.1 Å². The van der Waals surface area contributed by atoms with E-state index in [-0.39, 0.29) is 127 Å². The zero-order valence-electron chi connectivity index (χ0n) is 27.0. The van der Waals surface area contributed by atoms with Gasteiger partial charge in [-0.2, -0.15) is 0 Å². The number of methoxy groups -OCH3 is 2. The molecule has 0 bridgehead atoms. The second kappa shape index (κ2) is 36.6. The molecule has 7 unspecified atom stereocenters. The molecular formula is C29H67AcCl3O13. The topological polar surface area (TPSA) is 208 Å². The average Bonchev–Trinajstić information content (AvgIpc) is 3.70. The molecule has 4 aliphatic rings. The molecule has 4 heterocycles. The van der Waals surface area contributed by atoms with E-state index in [1.165, 1.54) is 7.11 Å². The molecule has 8 N–H and O–H groups in total. The van der Waals surface area contributed by atoms with Gasteiger partial charge in [-0.15, -0.1) is 24.8 Å². The van der Waals surface area contributed by atoms with Crippen LogP contribution in [0.2, 0.25) is 0 Å². The van der Waals surface area contributed by atoms with Crippen LogP contribution >= 0.6 is 36.4 Å². The molecule has 12 atom stereocenters. The number of rotatable bonds is 6. The average molecular weight is 957 g/mol. The molecule has 0 spiro atoms. The minimum absolute atomic E-state index is 0. The maximum Gasteiger partial charge on any atom is 0.160 e. The summed E-state index contributed by atoms with van der Waals surface area (Å²) in [6, 6.07) is 0. The van der Waals surface area contributed by atoms with Gasteiger partial charge in [-0.25, -0.2) is 0 Å². The van der Waals surface area contributed by atoms with Gasteiger partial charge in [-0.1, -0.05) is 54.1 Å². The van der Waals surface area contributed by atoms with E-state index in [1.54, 1.807) is 7.11 Å². The zero-order chi connectivity index (χ0) is 30.8. The first kappa shape index (κ1) is 62.9. The van der Waals surface area contributed by atoms with E-state index in [9.17, 15) is 0 Å². The summed E-state index contributed by atoms with van der Waals surface area (Å²) >= 11 is 5.76. The Morgan fingerprint density at radius 2 is 1.02 bits per heavy atom. The van der Waals surface area contributed by atoms with E-state index in [1.807, 2.05) is 0 Å². The van der Waals surface area contributed by atoms with Gasteiger partial charge >= 0.3 is 0 Å². The van der Waals surface area contributed by atoms with Gasteiger partial charge in [0.15, 0.2) is 18.9 Å². The molecule has 1 radical (unpaired) electrons. The summed E-state index contributed by atoms with van der Waals surface area (Å²) in [6.07, 6.45) is 2.15. The summed E-state index contributed by atoms with van der Waals surface area (Å²) in [5.41, 5.74) is -0.0232. The first-order valence-corrected chi connectivity index (χ1v) is 14.5. The number of hydrogen-bond acceptors (Lipinski definition) is 12. The molecule has 4 rings (SSSR count). The van der Waals surface area contributed by atoms with E-state index in [0.29, 0.717) is 30.5 Å². The van der Waals surface area contributed by atoms with Crippen molar-refractivity contribution in [2.45, 2.75) is 142 Å². The van der Waals surface area contributed by atoms with Crippen LogP contribution in [0.15, 0.2) is 0 Å². The van der Waals surface area contributed by atoms with Crippen LogP contribution in [-0.4, -0.2) is 132 Å². The number of ether oxygens (including phenoxy) is 6. The minimum atomic E-state index is -0.905. The molecular weight excluding hydrogens is 890 g/mol. The van der Waals surface area contributed by atoms with E-state index in [0.717, 1.165) is 32.8 Å². The Balaban J connectivity index is -0.0000000831. The molecule has 4 fully saturated rings. The standard InChI is InChI=1S/C8H16O2.C7H13ClO.C6H12O4.C5H10O4.CH4O.2CH4.Ac.2ClH.H2O/c1-4-7-6(2)5-8(9-3)10-7;1-3-6-5(2)4-7(8)9-6;1-9-6-2-4(8)5(3-7)10-6;6-2-4-3(7)1-5(8)9-4;1-2;;;;;;/h6-8H,4-5H2,1-3H3;5-7H,3-4H2,1-2H3;4-8H,2-3H2,1H3;3-8H,1-2H2;2H,1H3;2*1H4;;2*1H;1H2/t6?,7-,8?;5?,6-,7?;4?,5-,6?;3?,4-,5-;;;;;;;/m1111......./s1. The fraction of sp³-hybridized carbons (Fsp3) is 1.00.